The van der Waals surface area contributed by atoms with Crippen LogP contribution in [-0.2, 0) is 0 Å². The second-order valence-corrected chi connectivity index (χ2v) is 5.40. The Labute approximate surface area is 121 Å². The second-order valence-electron chi connectivity index (χ2n) is 5.40. The highest BCUT2D eigenvalue weighted by atomic mass is 15.4. The Morgan fingerprint density at radius 2 is 2.00 bits per heavy atom. The molecule has 0 atom stereocenters. The largest absolute Gasteiger partial charge is 0.370 e. The number of nitrogens with one attached hydrogen (secondary N) is 2. The molecule has 0 amide bonds. The van der Waals surface area contributed by atoms with Crippen molar-refractivity contribution in [2.45, 2.75) is 52.4 Å². The van der Waals surface area contributed by atoms with E-state index < -0.39 is 0 Å². The number of aromatic nitrogens is 2. The molecule has 0 bridgehead atoms. The van der Waals surface area contributed by atoms with Gasteiger partial charge in [0.05, 0.1) is 6.20 Å². The Hall–Kier alpha value is -1.71. The minimum Gasteiger partial charge on any atom is -0.370 e. The zero-order valence-electron chi connectivity index (χ0n) is 12.7. The van der Waals surface area contributed by atoms with E-state index in [1.165, 1.54) is 38.5 Å². The van der Waals surface area contributed by atoms with Crippen LogP contribution in [0.2, 0.25) is 0 Å². The fraction of sp³-hybridized carbons (Fsp3) is 0.562. The minimum absolute atomic E-state index is 0.948. The SMILES string of the molecule is C=C1Nc2ccnn2C(NCCCCCCCC)=C1C. The topological polar surface area (TPSA) is 41.9 Å². The van der Waals surface area contributed by atoms with Gasteiger partial charge < -0.3 is 10.6 Å². The van der Waals surface area contributed by atoms with Crippen molar-refractivity contribution in [1.82, 2.24) is 15.1 Å². The number of rotatable bonds is 8. The van der Waals surface area contributed by atoms with Gasteiger partial charge in [0.1, 0.15) is 11.6 Å². The summed E-state index contributed by atoms with van der Waals surface area (Å²) < 4.78 is 1.92. The number of hydrogen-bond donors (Lipinski definition) is 2. The summed E-state index contributed by atoms with van der Waals surface area (Å²) in [5, 5.41) is 11.1. The summed E-state index contributed by atoms with van der Waals surface area (Å²) in [4.78, 5) is 0. The molecule has 0 fully saturated rings. The van der Waals surface area contributed by atoms with E-state index in [1.807, 2.05) is 10.7 Å². The third-order valence-corrected chi connectivity index (χ3v) is 3.76. The molecule has 1 aliphatic heterocycles. The van der Waals surface area contributed by atoms with Gasteiger partial charge in [-0.1, -0.05) is 45.6 Å². The summed E-state index contributed by atoms with van der Waals surface area (Å²) in [6.45, 7) is 9.37. The Balaban J connectivity index is 1.82. The van der Waals surface area contributed by atoms with E-state index in [0.717, 1.165) is 29.5 Å². The lowest BCUT2D eigenvalue weighted by atomic mass is 10.1. The molecule has 0 aliphatic carbocycles. The van der Waals surface area contributed by atoms with Crippen LogP contribution in [0.25, 0.3) is 5.82 Å². The molecule has 20 heavy (non-hydrogen) atoms. The Kier molecular flexibility index (Phi) is 5.27. The monoisotopic (exact) mass is 274 g/mol. The van der Waals surface area contributed by atoms with Crippen LogP contribution in [0, 0.1) is 0 Å². The zero-order valence-corrected chi connectivity index (χ0v) is 12.7. The zero-order chi connectivity index (χ0) is 14.4. The molecular weight excluding hydrogens is 248 g/mol. The second kappa shape index (κ2) is 7.17. The van der Waals surface area contributed by atoms with Gasteiger partial charge in [-0.3, -0.25) is 0 Å². The summed E-state index contributed by atoms with van der Waals surface area (Å²) >= 11 is 0. The van der Waals surface area contributed by atoms with Crippen molar-refractivity contribution in [2.75, 3.05) is 11.9 Å². The summed E-state index contributed by atoms with van der Waals surface area (Å²) in [5.41, 5.74) is 2.08. The van der Waals surface area contributed by atoms with Crippen LogP contribution in [0.3, 0.4) is 0 Å². The van der Waals surface area contributed by atoms with Gasteiger partial charge in [0.2, 0.25) is 0 Å². The van der Waals surface area contributed by atoms with Crippen molar-refractivity contribution in [2.24, 2.45) is 0 Å². The average molecular weight is 274 g/mol. The first kappa shape index (κ1) is 14.7. The van der Waals surface area contributed by atoms with Crippen molar-refractivity contribution in [3.63, 3.8) is 0 Å². The van der Waals surface area contributed by atoms with Crippen LogP contribution in [0.5, 0.6) is 0 Å². The van der Waals surface area contributed by atoms with E-state index in [1.54, 1.807) is 6.20 Å². The van der Waals surface area contributed by atoms with Gasteiger partial charge in [-0.15, -0.1) is 0 Å². The van der Waals surface area contributed by atoms with E-state index >= 15 is 0 Å². The molecular formula is C16H26N4. The highest BCUT2D eigenvalue weighted by molar-refractivity contribution is 5.67. The average Bonchev–Trinajstić information content (AvgIpc) is 2.89. The van der Waals surface area contributed by atoms with Crippen molar-refractivity contribution in [3.05, 3.63) is 30.1 Å². The number of nitrogens with zero attached hydrogens (tertiary/aromatic N) is 2. The molecule has 0 aromatic carbocycles. The number of hydrogen-bond acceptors (Lipinski definition) is 3. The van der Waals surface area contributed by atoms with Gasteiger partial charge in [-0.05, 0) is 13.3 Å². The molecule has 2 rings (SSSR count). The molecule has 0 saturated carbocycles. The van der Waals surface area contributed by atoms with E-state index in [4.69, 9.17) is 0 Å². The van der Waals surface area contributed by atoms with Crippen molar-refractivity contribution in [3.8, 4) is 0 Å². The van der Waals surface area contributed by atoms with Crippen LogP contribution in [0.1, 0.15) is 52.4 Å². The Morgan fingerprint density at radius 3 is 2.80 bits per heavy atom. The van der Waals surface area contributed by atoms with Gasteiger partial charge in [0.15, 0.2) is 0 Å². The van der Waals surface area contributed by atoms with Crippen LogP contribution in [0.15, 0.2) is 30.1 Å². The number of allylic oxidation sites excluding steroid dienone is 1. The van der Waals surface area contributed by atoms with Crippen LogP contribution in [0.4, 0.5) is 5.82 Å². The lowest BCUT2D eigenvalue weighted by Crippen LogP contribution is -2.26. The lowest BCUT2D eigenvalue weighted by Gasteiger charge is -2.24. The molecule has 110 valence electrons. The molecule has 4 nitrogen and oxygen atoms in total. The molecule has 0 unspecified atom stereocenters. The Morgan fingerprint density at radius 1 is 1.25 bits per heavy atom. The first-order valence-corrected chi connectivity index (χ1v) is 7.69. The molecule has 4 heteroatoms. The molecule has 1 aromatic rings. The maximum atomic E-state index is 4.36. The summed E-state index contributed by atoms with van der Waals surface area (Å²) in [7, 11) is 0. The van der Waals surface area contributed by atoms with Crippen LogP contribution in [-0.4, -0.2) is 16.3 Å². The highest BCUT2D eigenvalue weighted by Gasteiger charge is 2.18. The van der Waals surface area contributed by atoms with Crippen LogP contribution >= 0.6 is 0 Å². The van der Waals surface area contributed by atoms with Crippen molar-refractivity contribution < 1.29 is 0 Å². The lowest BCUT2D eigenvalue weighted by molar-refractivity contribution is 0.594. The molecule has 1 aromatic heterocycles. The third kappa shape index (κ3) is 3.44. The summed E-state index contributed by atoms with van der Waals surface area (Å²) in [5.74, 6) is 2.04. The maximum absolute atomic E-state index is 4.36. The van der Waals surface area contributed by atoms with Crippen molar-refractivity contribution >= 4 is 11.6 Å². The minimum atomic E-state index is 0.948. The first-order valence-electron chi connectivity index (χ1n) is 7.69. The van der Waals surface area contributed by atoms with Gasteiger partial charge in [0.25, 0.3) is 0 Å². The molecule has 0 saturated heterocycles. The smallest absolute Gasteiger partial charge is 0.135 e. The quantitative estimate of drug-likeness (QED) is 0.705. The fourth-order valence-electron chi connectivity index (χ4n) is 2.45. The van der Waals surface area contributed by atoms with Crippen LogP contribution < -0.4 is 10.6 Å². The van der Waals surface area contributed by atoms with E-state index in [0.29, 0.717) is 0 Å². The number of fused-ring (bicyclic) bond motifs is 1. The van der Waals surface area contributed by atoms with E-state index in [2.05, 4.69) is 36.2 Å². The molecule has 2 N–H and O–H groups in total. The first-order chi connectivity index (χ1) is 9.74. The molecule has 0 spiro atoms. The standard InChI is InChI=1S/C16H26N4/c1-4-5-6-7-8-9-11-17-16-13(2)14(3)19-15-10-12-18-20(15)16/h10,12,17,19H,3-9,11H2,1-2H3. The highest BCUT2D eigenvalue weighted by Crippen LogP contribution is 2.25. The molecule has 2 heterocycles. The van der Waals surface area contributed by atoms with Gasteiger partial charge in [-0.2, -0.15) is 5.10 Å². The van der Waals surface area contributed by atoms with E-state index in [9.17, 15) is 0 Å². The number of unbranched alkanes of at least 4 members (excludes halogenated alkanes) is 5. The molecule has 0 radical (unpaired) electrons. The summed E-state index contributed by atoms with van der Waals surface area (Å²) in [6, 6.07) is 1.96. The van der Waals surface area contributed by atoms with Gasteiger partial charge in [0, 0.05) is 23.9 Å². The van der Waals surface area contributed by atoms with E-state index in [-0.39, 0.29) is 0 Å². The van der Waals surface area contributed by atoms with Gasteiger partial charge >= 0.3 is 0 Å². The third-order valence-electron chi connectivity index (χ3n) is 3.76. The van der Waals surface area contributed by atoms with Crippen molar-refractivity contribution in [1.29, 1.82) is 0 Å². The normalized spacial score (nSPS) is 14.2. The maximum Gasteiger partial charge on any atom is 0.135 e. The molecule has 1 aliphatic rings. The fourth-order valence-corrected chi connectivity index (χ4v) is 2.45. The summed E-state index contributed by atoms with van der Waals surface area (Å²) in [6.07, 6.45) is 9.68. The van der Waals surface area contributed by atoms with Gasteiger partial charge in [-0.25, -0.2) is 4.68 Å². The predicted octanol–water partition coefficient (Wildman–Crippen LogP) is 3.96. The predicted molar refractivity (Wildman–Crippen MR) is 85.3 cm³/mol. The number of anilines is 1. The Bertz CT molecular complexity index is 484.